The maximum Gasteiger partial charge on any atom is 0.0291 e. The Hall–Kier alpha value is -0.820. The monoisotopic (exact) mass is 289 g/mol. The Morgan fingerprint density at radius 3 is 2.14 bits per heavy atom. The molecule has 0 aliphatic rings. The summed E-state index contributed by atoms with van der Waals surface area (Å²) in [6, 6.07) is 9.56. The first kappa shape index (κ1) is 18.2. The van der Waals surface area contributed by atoms with Gasteiger partial charge in [0.1, 0.15) is 0 Å². The fraction of sp³-hybridized carbons (Fsp3) is 0.700. The zero-order valence-electron chi connectivity index (χ0n) is 15.0. The fourth-order valence-corrected chi connectivity index (χ4v) is 2.68. The highest BCUT2D eigenvalue weighted by Gasteiger charge is 2.14. The normalized spacial score (nSPS) is 15.0. The molecule has 2 unspecified atom stereocenters. The topological polar surface area (TPSA) is 12.0 Å². The Bertz CT molecular complexity index is 385. The molecule has 0 aromatic heterocycles. The van der Waals surface area contributed by atoms with E-state index in [9.17, 15) is 0 Å². The molecule has 1 rings (SSSR count). The van der Waals surface area contributed by atoms with Gasteiger partial charge in [-0.25, -0.2) is 0 Å². The molecule has 1 aromatic carbocycles. The van der Waals surface area contributed by atoms with Gasteiger partial charge in [0.15, 0.2) is 0 Å². The molecule has 1 aromatic rings. The second kappa shape index (κ2) is 8.58. The van der Waals surface area contributed by atoms with Crippen molar-refractivity contribution in [1.82, 2.24) is 5.32 Å². The molecule has 2 atom stereocenters. The molecule has 0 aliphatic heterocycles. The molecule has 0 radical (unpaired) electrons. The molecule has 120 valence electrons. The molecular formula is C20H35N. The van der Waals surface area contributed by atoms with E-state index >= 15 is 0 Å². The molecule has 0 saturated heterocycles. The van der Waals surface area contributed by atoms with Gasteiger partial charge in [0, 0.05) is 6.04 Å². The summed E-state index contributed by atoms with van der Waals surface area (Å²) >= 11 is 0. The molecule has 1 heteroatoms. The van der Waals surface area contributed by atoms with E-state index in [4.69, 9.17) is 0 Å². The van der Waals surface area contributed by atoms with Gasteiger partial charge in [0.2, 0.25) is 0 Å². The second-order valence-electron chi connectivity index (χ2n) is 7.42. The lowest BCUT2D eigenvalue weighted by atomic mass is 9.86. The van der Waals surface area contributed by atoms with E-state index in [1.807, 2.05) is 0 Å². The van der Waals surface area contributed by atoms with Crippen LogP contribution >= 0.6 is 0 Å². The molecule has 0 aliphatic carbocycles. The average Bonchev–Trinajstić information content (AvgIpc) is 2.46. The summed E-state index contributed by atoms with van der Waals surface area (Å²) in [4.78, 5) is 0. The lowest BCUT2D eigenvalue weighted by Gasteiger charge is -2.22. The molecule has 0 fully saturated rings. The number of benzene rings is 1. The van der Waals surface area contributed by atoms with Gasteiger partial charge in [-0.1, -0.05) is 78.1 Å². The first-order valence-corrected chi connectivity index (χ1v) is 8.72. The molecular weight excluding hydrogens is 254 g/mol. The van der Waals surface area contributed by atoms with Crippen LogP contribution in [0.1, 0.15) is 84.4 Å². The Labute approximate surface area is 132 Å². The van der Waals surface area contributed by atoms with Crippen LogP contribution in [0.25, 0.3) is 0 Å². The van der Waals surface area contributed by atoms with Crippen molar-refractivity contribution in [2.45, 2.75) is 78.7 Å². The van der Waals surface area contributed by atoms with Crippen LogP contribution in [0.2, 0.25) is 0 Å². The van der Waals surface area contributed by atoms with E-state index in [0.717, 1.165) is 12.5 Å². The summed E-state index contributed by atoms with van der Waals surface area (Å²) < 4.78 is 0. The molecule has 0 spiro atoms. The molecule has 0 bridgehead atoms. The SMILES string of the molecule is CCCCC(CC)CNC(C)c1ccc(C(C)(C)C)cc1. The van der Waals surface area contributed by atoms with Gasteiger partial charge in [-0.15, -0.1) is 0 Å². The minimum Gasteiger partial charge on any atom is -0.310 e. The Balaban J connectivity index is 2.53. The van der Waals surface area contributed by atoms with Gasteiger partial charge in [0.05, 0.1) is 0 Å². The van der Waals surface area contributed by atoms with Crippen molar-refractivity contribution < 1.29 is 0 Å². The number of rotatable bonds is 8. The predicted octanol–water partition coefficient (Wildman–Crippen LogP) is 5.85. The summed E-state index contributed by atoms with van der Waals surface area (Å²) in [6.07, 6.45) is 5.30. The summed E-state index contributed by atoms with van der Waals surface area (Å²) in [7, 11) is 0. The van der Waals surface area contributed by atoms with Crippen molar-refractivity contribution in [1.29, 1.82) is 0 Å². The van der Waals surface area contributed by atoms with Gasteiger partial charge in [-0.2, -0.15) is 0 Å². The molecule has 21 heavy (non-hydrogen) atoms. The third kappa shape index (κ3) is 6.22. The predicted molar refractivity (Wildman–Crippen MR) is 94.9 cm³/mol. The highest BCUT2D eigenvalue weighted by Crippen LogP contribution is 2.24. The summed E-state index contributed by atoms with van der Waals surface area (Å²) in [5.41, 5.74) is 3.05. The van der Waals surface area contributed by atoms with Crippen molar-refractivity contribution in [2.75, 3.05) is 6.54 Å². The highest BCUT2D eigenvalue weighted by molar-refractivity contribution is 5.28. The van der Waals surface area contributed by atoms with E-state index in [0.29, 0.717) is 6.04 Å². The molecule has 1 N–H and O–H groups in total. The van der Waals surface area contributed by atoms with Crippen molar-refractivity contribution in [3.63, 3.8) is 0 Å². The third-order valence-electron chi connectivity index (χ3n) is 4.53. The van der Waals surface area contributed by atoms with Gasteiger partial charge in [-0.3, -0.25) is 0 Å². The number of hydrogen-bond donors (Lipinski definition) is 1. The number of unbranched alkanes of at least 4 members (excludes halogenated alkanes) is 1. The van der Waals surface area contributed by atoms with Crippen molar-refractivity contribution in [3.8, 4) is 0 Å². The molecule has 0 heterocycles. The van der Waals surface area contributed by atoms with Crippen LogP contribution in [0, 0.1) is 5.92 Å². The minimum atomic E-state index is 0.239. The van der Waals surface area contributed by atoms with Crippen LogP contribution in [-0.4, -0.2) is 6.54 Å². The maximum absolute atomic E-state index is 3.72. The average molecular weight is 290 g/mol. The lowest BCUT2D eigenvalue weighted by Crippen LogP contribution is -2.25. The van der Waals surface area contributed by atoms with Crippen LogP contribution < -0.4 is 5.32 Å². The van der Waals surface area contributed by atoms with Crippen LogP contribution in [0.3, 0.4) is 0 Å². The van der Waals surface area contributed by atoms with Crippen LogP contribution in [0.4, 0.5) is 0 Å². The standard InChI is InChI=1S/C20H35N/c1-7-9-10-17(8-2)15-21-16(3)18-11-13-19(14-12-18)20(4,5)6/h11-14,16-17,21H,7-10,15H2,1-6H3. The number of nitrogens with one attached hydrogen (secondary N) is 1. The smallest absolute Gasteiger partial charge is 0.0291 e. The second-order valence-corrected chi connectivity index (χ2v) is 7.42. The summed E-state index contributed by atoms with van der Waals surface area (Å²) in [5, 5.41) is 3.72. The van der Waals surface area contributed by atoms with Gasteiger partial charge >= 0.3 is 0 Å². The van der Waals surface area contributed by atoms with Crippen molar-refractivity contribution >= 4 is 0 Å². The largest absolute Gasteiger partial charge is 0.310 e. The Morgan fingerprint density at radius 2 is 1.67 bits per heavy atom. The third-order valence-corrected chi connectivity index (χ3v) is 4.53. The summed E-state index contributed by atoms with van der Waals surface area (Å²) in [6.45, 7) is 14.8. The first-order chi connectivity index (χ1) is 9.88. The Morgan fingerprint density at radius 1 is 1.05 bits per heavy atom. The van der Waals surface area contributed by atoms with E-state index in [2.05, 4.69) is 71.1 Å². The highest BCUT2D eigenvalue weighted by atomic mass is 14.9. The van der Waals surface area contributed by atoms with Crippen LogP contribution in [-0.2, 0) is 5.41 Å². The van der Waals surface area contributed by atoms with E-state index in [1.54, 1.807) is 0 Å². The van der Waals surface area contributed by atoms with Crippen molar-refractivity contribution in [2.24, 2.45) is 5.92 Å². The number of hydrogen-bond acceptors (Lipinski definition) is 1. The molecule has 0 saturated carbocycles. The minimum absolute atomic E-state index is 0.239. The zero-order chi connectivity index (χ0) is 15.9. The van der Waals surface area contributed by atoms with E-state index in [1.165, 1.54) is 36.8 Å². The first-order valence-electron chi connectivity index (χ1n) is 8.72. The quantitative estimate of drug-likeness (QED) is 0.633. The van der Waals surface area contributed by atoms with Gasteiger partial charge < -0.3 is 5.32 Å². The lowest BCUT2D eigenvalue weighted by molar-refractivity contribution is 0.398. The maximum atomic E-state index is 3.72. The fourth-order valence-electron chi connectivity index (χ4n) is 2.68. The van der Waals surface area contributed by atoms with Crippen LogP contribution in [0.5, 0.6) is 0 Å². The van der Waals surface area contributed by atoms with E-state index in [-0.39, 0.29) is 5.41 Å². The molecule has 0 amide bonds. The zero-order valence-corrected chi connectivity index (χ0v) is 15.0. The van der Waals surface area contributed by atoms with Gasteiger partial charge in [0.25, 0.3) is 0 Å². The van der Waals surface area contributed by atoms with Crippen molar-refractivity contribution in [3.05, 3.63) is 35.4 Å². The van der Waals surface area contributed by atoms with E-state index < -0.39 is 0 Å². The van der Waals surface area contributed by atoms with Gasteiger partial charge in [-0.05, 0) is 42.3 Å². The Kier molecular flexibility index (Phi) is 7.45. The van der Waals surface area contributed by atoms with Crippen LogP contribution in [0.15, 0.2) is 24.3 Å². The molecule has 1 nitrogen and oxygen atoms in total. The summed E-state index contributed by atoms with van der Waals surface area (Å²) in [5.74, 6) is 0.821.